The standard InChI is InChI=1S/C16H19F3N2O3/c1-11(8-12-2-4-13(5-3-12)16(17,18)19)21-15(22)20-9-14-10-23-6-7-24-14/h2-5,10-11H,6-9H2,1H3,(H2,20,21,22)/t11-/m1/s1. The van der Waals surface area contributed by atoms with Crippen molar-refractivity contribution < 1.29 is 27.4 Å². The Bertz CT molecular complexity index is 585. The Morgan fingerprint density at radius 3 is 2.54 bits per heavy atom. The molecule has 1 atom stereocenters. The van der Waals surface area contributed by atoms with E-state index in [1.807, 2.05) is 0 Å². The molecule has 0 aliphatic carbocycles. The van der Waals surface area contributed by atoms with Crippen molar-refractivity contribution in [2.45, 2.75) is 25.6 Å². The van der Waals surface area contributed by atoms with Crippen LogP contribution in [0.1, 0.15) is 18.1 Å². The van der Waals surface area contributed by atoms with Gasteiger partial charge in [0.25, 0.3) is 0 Å². The van der Waals surface area contributed by atoms with Crippen LogP contribution in [-0.4, -0.2) is 31.8 Å². The van der Waals surface area contributed by atoms with Gasteiger partial charge < -0.3 is 20.1 Å². The molecule has 132 valence electrons. The molecule has 8 heteroatoms. The monoisotopic (exact) mass is 344 g/mol. The quantitative estimate of drug-likeness (QED) is 0.864. The van der Waals surface area contributed by atoms with Crippen molar-refractivity contribution in [3.8, 4) is 0 Å². The molecular weight excluding hydrogens is 325 g/mol. The predicted octanol–water partition coefficient (Wildman–Crippen LogP) is 2.82. The number of halogens is 3. The van der Waals surface area contributed by atoms with E-state index in [-0.39, 0.29) is 18.6 Å². The summed E-state index contributed by atoms with van der Waals surface area (Å²) in [4.78, 5) is 11.8. The fraction of sp³-hybridized carbons (Fsp3) is 0.438. The van der Waals surface area contributed by atoms with E-state index in [2.05, 4.69) is 10.6 Å². The lowest BCUT2D eigenvalue weighted by atomic mass is 10.1. The summed E-state index contributed by atoms with van der Waals surface area (Å²) in [6.45, 7) is 2.91. The zero-order valence-corrected chi connectivity index (χ0v) is 13.2. The number of rotatable bonds is 5. The molecule has 0 aromatic heterocycles. The average molecular weight is 344 g/mol. The molecule has 0 spiro atoms. The van der Waals surface area contributed by atoms with Gasteiger partial charge in [0, 0.05) is 6.04 Å². The highest BCUT2D eigenvalue weighted by atomic mass is 19.4. The lowest BCUT2D eigenvalue weighted by molar-refractivity contribution is -0.137. The molecule has 2 amide bonds. The fourth-order valence-corrected chi connectivity index (χ4v) is 2.18. The maximum absolute atomic E-state index is 12.5. The number of alkyl halides is 3. The van der Waals surface area contributed by atoms with Gasteiger partial charge in [0.1, 0.15) is 25.2 Å². The Morgan fingerprint density at radius 2 is 1.96 bits per heavy atom. The van der Waals surface area contributed by atoms with Crippen molar-refractivity contribution in [1.29, 1.82) is 0 Å². The SMILES string of the molecule is C[C@H](Cc1ccc(C(F)(F)F)cc1)NC(=O)NCC1=COCCO1. The van der Waals surface area contributed by atoms with Crippen LogP contribution >= 0.6 is 0 Å². The zero-order chi connectivity index (χ0) is 17.6. The van der Waals surface area contributed by atoms with E-state index in [0.29, 0.717) is 31.0 Å². The molecule has 0 fully saturated rings. The number of amides is 2. The van der Waals surface area contributed by atoms with Gasteiger partial charge in [-0.1, -0.05) is 12.1 Å². The number of carbonyl (C=O) groups excluding carboxylic acids is 1. The summed E-state index contributed by atoms with van der Waals surface area (Å²) in [5.41, 5.74) is 0.0232. The predicted molar refractivity (Wildman–Crippen MR) is 81.1 cm³/mol. The topological polar surface area (TPSA) is 59.6 Å². The van der Waals surface area contributed by atoms with Gasteiger partial charge in [-0.2, -0.15) is 13.2 Å². The molecule has 0 bridgehead atoms. The van der Waals surface area contributed by atoms with Crippen molar-refractivity contribution in [3.63, 3.8) is 0 Å². The van der Waals surface area contributed by atoms with E-state index in [1.165, 1.54) is 18.4 Å². The Kier molecular flexibility index (Phi) is 5.94. The smallest absolute Gasteiger partial charge is 0.416 e. The van der Waals surface area contributed by atoms with Crippen molar-refractivity contribution in [1.82, 2.24) is 10.6 Å². The Morgan fingerprint density at radius 1 is 1.25 bits per heavy atom. The van der Waals surface area contributed by atoms with Gasteiger partial charge in [0.2, 0.25) is 0 Å². The van der Waals surface area contributed by atoms with E-state index in [4.69, 9.17) is 9.47 Å². The molecular formula is C16H19F3N2O3. The molecule has 1 heterocycles. The third-order valence-electron chi connectivity index (χ3n) is 3.33. The largest absolute Gasteiger partial charge is 0.494 e. The summed E-state index contributed by atoms with van der Waals surface area (Å²) in [5, 5.41) is 5.34. The van der Waals surface area contributed by atoms with E-state index in [1.54, 1.807) is 6.92 Å². The second kappa shape index (κ2) is 7.94. The van der Waals surface area contributed by atoms with Crippen LogP contribution < -0.4 is 10.6 Å². The van der Waals surface area contributed by atoms with E-state index >= 15 is 0 Å². The van der Waals surface area contributed by atoms with Crippen LogP contribution in [0.15, 0.2) is 36.3 Å². The third-order valence-corrected chi connectivity index (χ3v) is 3.33. The molecule has 1 aliphatic rings. The first-order valence-corrected chi connectivity index (χ1v) is 7.48. The molecule has 0 unspecified atom stereocenters. The molecule has 0 radical (unpaired) electrons. The minimum Gasteiger partial charge on any atom is -0.494 e. The molecule has 1 aromatic rings. The number of benzene rings is 1. The molecule has 2 N–H and O–H groups in total. The van der Waals surface area contributed by atoms with Gasteiger partial charge in [0.15, 0.2) is 0 Å². The lowest BCUT2D eigenvalue weighted by Crippen LogP contribution is -2.42. The summed E-state index contributed by atoms with van der Waals surface area (Å²) in [6.07, 6.45) is -2.47. The Hall–Kier alpha value is -2.38. The Labute approximate surface area is 137 Å². The molecule has 0 saturated heterocycles. The number of nitrogens with one attached hydrogen (secondary N) is 2. The second-order valence-electron chi connectivity index (χ2n) is 5.43. The summed E-state index contributed by atoms with van der Waals surface area (Å²) < 4.78 is 47.8. The van der Waals surface area contributed by atoms with Crippen molar-refractivity contribution in [2.75, 3.05) is 19.8 Å². The highest BCUT2D eigenvalue weighted by Crippen LogP contribution is 2.29. The molecule has 0 saturated carbocycles. The van der Waals surface area contributed by atoms with Gasteiger partial charge in [-0.25, -0.2) is 4.79 Å². The molecule has 5 nitrogen and oxygen atoms in total. The van der Waals surface area contributed by atoms with Crippen LogP contribution in [0, 0.1) is 0 Å². The van der Waals surface area contributed by atoms with Crippen molar-refractivity contribution >= 4 is 6.03 Å². The number of urea groups is 1. The minimum atomic E-state index is -4.35. The summed E-state index contributed by atoms with van der Waals surface area (Å²) in [5.74, 6) is 0.534. The highest BCUT2D eigenvalue weighted by molar-refractivity contribution is 5.74. The van der Waals surface area contributed by atoms with Crippen molar-refractivity contribution in [3.05, 3.63) is 47.4 Å². The lowest BCUT2D eigenvalue weighted by Gasteiger charge is -2.18. The zero-order valence-electron chi connectivity index (χ0n) is 13.2. The van der Waals surface area contributed by atoms with Crippen LogP contribution in [0.25, 0.3) is 0 Å². The molecule has 1 aliphatic heterocycles. The van der Waals surface area contributed by atoms with Crippen LogP contribution in [0.3, 0.4) is 0 Å². The van der Waals surface area contributed by atoms with Crippen LogP contribution in [-0.2, 0) is 22.1 Å². The summed E-state index contributed by atoms with van der Waals surface area (Å²) in [6, 6.07) is 4.28. The van der Waals surface area contributed by atoms with Crippen LogP contribution in [0.4, 0.5) is 18.0 Å². The third kappa shape index (κ3) is 5.68. The number of hydrogen-bond donors (Lipinski definition) is 2. The van der Waals surface area contributed by atoms with Crippen molar-refractivity contribution in [2.24, 2.45) is 0 Å². The minimum absolute atomic E-state index is 0.207. The van der Waals surface area contributed by atoms with Crippen LogP contribution in [0.5, 0.6) is 0 Å². The summed E-state index contributed by atoms with van der Waals surface area (Å²) in [7, 11) is 0. The van der Waals surface area contributed by atoms with E-state index < -0.39 is 11.7 Å². The highest BCUT2D eigenvalue weighted by Gasteiger charge is 2.29. The molecule has 24 heavy (non-hydrogen) atoms. The molecule has 1 aromatic carbocycles. The molecule has 2 rings (SSSR count). The fourth-order valence-electron chi connectivity index (χ4n) is 2.18. The first-order valence-electron chi connectivity index (χ1n) is 7.48. The van der Waals surface area contributed by atoms with E-state index in [9.17, 15) is 18.0 Å². The first-order chi connectivity index (χ1) is 11.3. The van der Waals surface area contributed by atoms with Gasteiger partial charge in [-0.3, -0.25) is 0 Å². The van der Waals surface area contributed by atoms with Crippen LogP contribution in [0.2, 0.25) is 0 Å². The second-order valence-corrected chi connectivity index (χ2v) is 5.43. The Balaban J connectivity index is 1.76. The van der Waals surface area contributed by atoms with Gasteiger partial charge in [-0.15, -0.1) is 0 Å². The number of ether oxygens (including phenoxy) is 2. The number of carbonyl (C=O) groups is 1. The maximum Gasteiger partial charge on any atom is 0.416 e. The first kappa shape index (κ1) is 18.0. The van der Waals surface area contributed by atoms with Gasteiger partial charge >= 0.3 is 12.2 Å². The van der Waals surface area contributed by atoms with Gasteiger partial charge in [0.05, 0.1) is 12.1 Å². The average Bonchev–Trinajstić information content (AvgIpc) is 2.53. The van der Waals surface area contributed by atoms with Gasteiger partial charge in [-0.05, 0) is 31.0 Å². The summed E-state index contributed by atoms with van der Waals surface area (Å²) >= 11 is 0. The maximum atomic E-state index is 12.5. The van der Waals surface area contributed by atoms with E-state index in [0.717, 1.165) is 12.1 Å². The number of hydrogen-bond acceptors (Lipinski definition) is 3. The normalized spacial score (nSPS) is 15.6.